The highest BCUT2D eigenvalue weighted by atomic mass is 16.3. The van der Waals surface area contributed by atoms with Crippen LogP contribution in [-0.2, 0) is 88.0 Å². The number of nitrogens with zero attached hydrogens (tertiary/aromatic N) is 5. The lowest BCUT2D eigenvalue weighted by Gasteiger charge is -2.36. The minimum absolute atomic E-state index is 0.0605. The Hall–Kier alpha value is -9.27. The highest BCUT2D eigenvalue weighted by Gasteiger charge is 2.42. The van der Waals surface area contributed by atoms with Gasteiger partial charge in [-0.15, -0.1) is 0 Å². The average Bonchev–Trinajstić information content (AvgIpc) is 0.826. The molecule has 0 spiro atoms. The Kier molecular flexibility index (Phi) is 37.0. The summed E-state index contributed by atoms with van der Waals surface area (Å²) < 4.78 is 0. The molecular formula is C83H127N13O14. The van der Waals surface area contributed by atoms with Crippen LogP contribution in [0.3, 0.4) is 0 Å². The molecule has 2 heterocycles. The van der Waals surface area contributed by atoms with E-state index in [2.05, 4.69) is 42.5 Å². The Bertz CT molecular complexity index is 3570. The first kappa shape index (κ1) is 91.3. The fourth-order valence-corrected chi connectivity index (χ4v) is 13.7. The number of amides is 13. The number of hydrogen-bond acceptors (Lipinski definition) is 14. The van der Waals surface area contributed by atoms with Gasteiger partial charge in [0.15, 0.2) is 0 Å². The van der Waals surface area contributed by atoms with Crippen LogP contribution in [0.25, 0.3) is 0 Å². The lowest BCUT2D eigenvalue weighted by Crippen LogP contribution is -2.62. The molecule has 0 aromatic heterocycles. The van der Waals surface area contributed by atoms with E-state index in [0.717, 1.165) is 35.3 Å². The van der Waals surface area contributed by atoms with Crippen molar-refractivity contribution in [3.05, 3.63) is 107 Å². The number of carbonyl (C=O) groups excluding carboxylic acids is 13. The SMILES string of the molecule is CC[C@H](C)[C@@H]1NC(=O)[C@H](Cc2ccccc2)N(C)C(=O)[C@H](Cc2ccccc2)NC(=O)[C@H](CC(C)C)N(C)C(=O)[C@H](C(C)C)NC(=O)[C@H](CC(C)C)NC(=O)[C@H](C)N(C)C(=O)CNC(=O)CCCCCc2cccc(c2)C[C@@H](C(=O)N2CCCCC2)NC(=O)[C@H]([C@@H](C)O)NC(=O)[C@H](CC(C)C)NC(=O)[C@H](C)N(C)C1=O. The quantitative estimate of drug-likeness (QED) is 0.0976. The molecule has 13 amide bonds. The number of piperidine rings is 1. The van der Waals surface area contributed by atoms with Crippen LogP contribution >= 0.6 is 0 Å². The molecule has 27 heteroatoms. The van der Waals surface area contributed by atoms with E-state index in [1.54, 1.807) is 86.3 Å². The first-order valence-corrected chi connectivity index (χ1v) is 39.5. The zero-order valence-corrected chi connectivity index (χ0v) is 68.1. The first-order chi connectivity index (χ1) is 51.9. The minimum atomic E-state index is -1.60. The third-order valence-electron chi connectivity index (χ3n) is 21.0. The van der Waals surface area contributed by atoms with Crippen LogP contribution in [0.5, 0.6) is 0 Å². The van der Waals surface area contributed by atoms with E-state index in [-0.39, 0.29) is 74.5 Å². The van der Waals surface area contributed by atoms with E-state index in [1.165, 1.54) is 63.7 Å². The number of aliphatic hydroxyl groups excluding tert-OH is 1. The van der Waals surface area contributed by atoms with Crippen molar-refractivity contribution < 1.29 is 67.4 Å². The van der Waals surface area contributed by atoms with E-state index in [0.29, 0.717) is 56.3 Å². The molecule has 1 fully saturated rings. The van der Waals surface area contributed by atoms with Crippen molar-refractivity contribution in [1.82, 2.24) is 67.0 Å². The van der Waals surface area contributed by atoms with E-state index in [4.69, 9.17) is 0 Å². The zero-order chi connectivity index (χ0) is 81.8. The monoisotopic (exact) mass is 1530 g/mol. The molecule has 9 N–H and O–H groups in total. The molecule has 3 aromatic carbocycles. The molecular weight excluding hydrogens is 1400 g/mol. The summed E-state index contributed by atoms with van der Waals surface area (Å²) >= 11 is 0. The number of likely N-dealkylation sites (tertiary alicyclic amines) is 1. The van der Waals surface area contributed by atoms with Gasteiger partial charge in [-0.25, -0.2) is 0 Å². The zero-order valence-electron chi connectivity index (χ0n) is 68.1. The van der Waals surface area contributed by atoms with Gasteiger partial charge in [0.2, 0.25) is 76.8 Å². The van der Waals surface area contributed by atoms with Crippen molar-refractivity contribution in [2.75, 3.05) is 47.8 Å². The summed E-state index contributed by atoms with van der Waals surface area (Å²) in [7, 11) is 5.69. The maximum absolute atomic E-state index is 15.6. The summed E-state index contributed by atoms with van der Waals surface area (Å²) in [5.41, 5.74) is 2.97. The van der Waals surface area contributed by atoms with Gasteiger partial charge < -0.3 is 72.1 Å². The molecule has 5 rings (SSSR count). The maximum atomic E-state index is 15.6. The van der Waals surface area contributed by atoms with Crippen LogP contribution in [0.2, 0.25) is 0 Å². The van der Waals surface area contributed by atoms with Crippen molar-refractivity contribution in [1.29, 1.82) is 0 Å². The number of aryl methyl sites for hydroxylation is 1. The molecule has 2 aliphatic rings. The largest absolute Gasteiger partial charge is 0.391 e. The van der Waals surface area contributed by atoms with E-state index >= 15 is 24.0 Å². The van der Waals surface area contributed by atoms with Crippen LogP contribution in [0.4, 0.5) is 0 Å². The second-order valence-corrected chi connectivity index (χ2v) is 31.8. The van der Waals surface area contributed by atoms with Crippen molar-refractivity contribution in [2.45, 2.75) is 259 Å². The molecule has 27 nitrogen and oxygen atoms in total. The number of carbonyl (C=O) groups is 13. The summed E-state index contributed by atoms with van der Waals surface area (Å²) in [6.45, 7) is 23.0. The standard InChI is InChI=1S/C83H127N13O14/c1-18-54(10)71-83(110)93(15)56(12)74(101)86-63(43-51(4)5)76(103)91-72(57(13)97)79(106)88-65(81(108)96-40-29-22-30-41-96)47-61-38-31-37-58(45-61)32-27-21-28-39-68(98)84-49-69(99)92(14)55(11)73(100)85-62(42-50(2)3)75(102)89-70(53(8)9)82(109)95(17)66(44-52(6)7)77(104)87-64(46-59-33-23-19-24-34-59)80(107)94(16)67(78(105)90-71)48-60-35-25-20-26-36-60/h19-20,23-26,31,33-38,45,50-57,62-67,70-72,97H,18,21-22,27-30,32,39-44,46-49H2,1-17H3,(H,84,98)(H,85,100)(H,86,101)(H,87,104)(H,88,106)(H,89,102)(H,90,105)(H,91,103)/t54-,55-,56-,57+,62-,63-,64-,65-,66-,67-,70-,71-,72-/m0/s1. The summed E-state index contributed by atoms with van der Waals surface area (Å²) in [5.74, 6) is -10.1. The predicted octanol–water partition coefficient (Wildman–Crippen LogP) is 4.92. The van der Waals surface area contributed by atoms with Crippen molar-refractivity contribution >= 4 is 76.8 Å². The topological polar surface area (TPSA) is 355 Å². The van der Waals surface area contributed by atoms with Gasteiger partial charge >= 0.3 is 0 Å². The molecule has 0 aliphatic carbocycles. The highest BCUT2D eigenvalue weighted by Crippen LogP contribution is 2.23. The minimum Gasteiger partial charge on any atom is -0.391 e. The molecule has 1 saturated heterocycles. The number of fused-ring (bicyclic) bond motifs is 2. The second-order valence-electron chi connectivity index (χ2n) is 31.8. The van der Waals surface area contributed by atoms with Gasteiger partial charge in [0, 0.05) is 67.0 Å². The Morgan fingerprint density at radius 2 is 0.927 bits per heavy atom. The van der Waals surface area contributed by atoms with Crippen molar-refractivity contribution in [3.63, 3.8) is 0 Å². The Labute approximate surface area is 651 Å². The first-order valence-electron chi connectivity index (χ1n) is 39.5. The lowest BCUT2D eigenvalue weighted by atomic mass is 9.95. The number of likely N-dealkylation sites (N-methyl/N-ethyl adjacent to an activating group) is 4. The summed E-state index contributed by atoms with van der Waals surface area (Å²) in [5, 5.41) is 33.8. The van der Waals surface area contributed by atoms with Crippen molar-refractivity contribution in [2.24, 2.45) is 29.6 Å². The third-order valence-corrected chi connectivity index (χ3v) is 21.0. The molecule has 13 atom stereocenters. The number of hydrogen-bond donors (Lipinski definition) is 9. The number of aliphatic hydroxyl groups is 1. The van der Waals surface area contributed by atoms with Gasteiger partial charge in [-0.05, 0) is 130 Å². The summed E-state index contributed by atoms with van der Waals surface area (Å²) in [6, 6.07) is 11.4. The van der Waals surface area contributed by atoms with Crippen LogP contribution in [0, 0.1) is 29.6 Å². The summed E-state index contributed by atoms with van der Waals surface area (Å²) in [4.78, 5) is 196. The fraction of sp³-hybridized carbons (Fsp3) is 0.627. The molecule has 110 heavy (non-hydrogen) atoms. The van der Waals surface area contributed by atoms with Crippen LogP contribution in [0.1, 0.15) is 183 Å². The molecule has 0 radical (unpaired) electrons. The van der Waals surface area contributed by atoms with Gasteiger partial charge in [-0.1, -0.05) is 167 Å². The van der Waals surface area contributed by atoms with Crippen LogP contribution < -0.4 is 42.5 Å². The smallest absolute Gasteiger partial charge is 0.245 e. The van der Waals surface area contributed by atoms with E-state index in [1.807, 2.05) is 72.7 Å². The fourth-order valence-electron chi connectivity index (χ4n) is 13.7. The van der Waals surface area contributed by atoms with Gasteiger partial charge in [-0.2, -0.15) is 0 Å². The predicted molar refractivity (Wildman–Crippen MR) is 421 cm³/mol. The van der Waals surface area contributed by atoms with Gasteiger partial charge in [0.05, 0.1) is 12.6 Å². The maximum Gasteiger partial charge on any atom is 0.245 e. The Morgan fingerprint density at radius 3 is 1.46 bits per heavy atom. The van der Waals surface area contributed by atoms with Gasteiger partial charge in [0.1, 0.15) is 66.5 Å². The molecule has 2 bridgehead atoms. The number of rotatable bonds is 15. The van der Waals surface area contributed by atoms with Gasteiger partial charge in [0.25, 0.3) is 0 Å². The molecule has 608 valence electrons. The third kappa shape index (κ3) is 27.9. The van der Waals surface area contributed by atoms with Crippen LogP contribution in [0.15, 0.2) is 84.9 Å². The number of nitrogens with one attached hydrogen (secondary N) is 8. The molecule has 2 aliphatic heterocycles. The Morgan fingerprint density at radius 1 is 0.455 bits per heavy atom. The Balaban J connectivity index is 1.56. The van der Waals surface area contributed by atoms with Crippen LogP contribution in [-0.4, -0.2) is 227 Å². The second kappa shape index (κ2) is 44.5. The molecule has 3 aromatic rings. The molecule has 0 saturated carbocycles. The summed E-state index contributed by atoms with van der Waals surface area (Å²) in [6.07, 6.45) is 4.16. The average molecular weight is 1530 g/mol. The van der Waals surface area contributed by atoms with E-state index in [9.17, 15) is 43.5 Å². The van der Waals surface area contributed by atoms with Gasteiger partial charge in [-0.3, -0.25) is 62.3 Å². The lowest BCUT2D eigenvalue weighted by molar-refractivity contribution is -0.147. The number of benzene rings is 3. The highest BCUT2D eigenvalue weighted by molar-refractivity contribution is 6.00. The molecule has 0 unspecified atom stereocenters. The van der Waals surface area contributed by atoms with Crippen molar-refractivity contribution in [3.8, 4) is 0 Å². The normalized spacial score (nSPS) is 25.3. The van der Waals surface area contributed by atoms with E-state index < -0.39 is 156 Å².